The summed E-state index contributed by atoms with van der Waals surface area (Å²) in [6.07, 6.45) is 1.36. The lowest BCUT2D eigenvalue weighted by atomic mass is 10.3. The van der Waals surface area contributed by atoms with Crippen molar-refractivity contribution < 1.29 is 14.4 Å². The molecule has 0 aliphatic heterocycles. The second-order valence-electron chi connectivity index (χ2n) is 5.26. The number of imidazole rings is 1. The molecule has 0 amide bonds. The Kier molecular flexibility index (Phi) is 4.32. The molecule has 1 heterocycles. The van der Waals surface area contributed by atoms with Crippen molar-refractivity contribution in [2.45, 2.75) is 12.6 Å². The third-order valence-electron chi connectivity index (χ3n) is 3.56. The standard InChI is InChI=1S/C17H18ClN2O2/c1-19-12-20(16-8-4-3-7-15(16)19)10-13(21)11-22-17-9-5-2-6-14(17)18/h2-9,12-13,21H,10-11H2,1H3/q+1/t13-/m1/s1. The smallest absolute Gasteiger partial charge is 0.244 e. The monoisotopic (exact) mass is 317 g/mol. The van der Waals surface area contributed by atoms with Crippen LogP contribution in [0.2, 0.25) is 5.02 Å². The fraction of sp³-hybridized carbons (Fsp3) is 0.235. The fourth-order valence-electron chi connectivity index (χ4n) is 2.51. The third-order valence-corrected chi connectivity index (χ3v) is 3.87. The number of halogens is 1. The number of aryl methyl sites for hydroxylation is 1. The van der Waals surface area contributed by atoms with Gasteiger partial charge >= 0.3 is 0 Å². The number of nitrogens with zero attached hydrogens (tertiary/aromatic N) is 2. The fourth-order valence-corrected chi connectivity index (χ4v) is 2.70. The highest BCUT2D eigenvalue weighted by Gasteiger charge is 2.16. The van der Waals surface area contributed by atoms with Crippen molar-refractivity contribution in [1.29, 1.82) is 0 Å². The molecule has 1 atom stereocenters. The average molecular weight is 318 g/mol. The minimum atomic E-state index is -0.618. The number of benzene rings is 2. The Balaban J connectivity index is 1.69. The quantitative estimate of drug-likeness (QED) is 0.735. The van der Waals surface area contributed by atoms with Gasteiger partial charge in [-0.3, -0.25) is 0 Å². The van der Waals surface area contributed by atoms with Gasteiger partial charge in [0.25, 0.3) is 0 Å². The van der Waals surface area contributed by atoms with Crippen LogP contribution in [0.3, 0.4) is 0 Å². The largest absolute Gasteiger partial charge is 0.489 e. The number of aliphatic hydroxyl groups excluding tert-OH is 1. The highest BCUT2D eigenvalue weighted by atomic mass is 35.5. The maximum Gasteiger partial charge on any atom is 0.244 e. The lowest BCUT2D eigenvalue weighted by Gasteiger charge is -2.11. The first kappa shape index (κ1) is 14.9. The van der Waals surface area contributed by atoms with E-state index >= 15 is 0 Å². The Morgan fingerprint density at radius 2 is 1.91 bits per heavy atom. The van der Waals surface area contributed by atoms with E-state index in [0.29, 0.717) is 17.3 Å². The summed E-state index contributed by atoms with van der Waals surface area (Å²) in [5, 5.41) is 10.8. The highest BCUT2D eigenvalue weighted by Crippen LogP contribution is 2.23. The van der Waals surface area contributed by atoms with Crippen LogP contribution in [0.4, 0.5) is 0 Å². The van der Waals surface area contributed by atoms with E-state index in [9.17, 15) is 5.11 Å². The van der Waals surface area contributed by atoms with E-state index in [0.717, 1.165) is 11.0 Å². The topological polar surface area (TPSA) is 38.3 Å². The summed E-state index contributed by atoms with van der Waals surface area (Å²) >= 11 is 6.03. The molecular formula is C17H18ClN2O2+. The number of ether oxygens (including phenoxy) is 1. The molecule has 5 heteroatoms. The molecule has 0 aliphatic rings. The summed E-state index contributed by atoms with van der Waals surface area (Å²) in [7, 11) is 1.99. The average Bonchev–Trinajstić information content (AvgIpc) is 2.83. The SMILES string of the molecule is C[n+]1cn(C[C@@H](O)COc2ccccc2Cl)c2ccccc21. The molecular weight excluding hydrogens is 300 g/mol. The van der Waals surface area contributed by atoms with Gasteiger partial charge in [-0.1, -0.05) is 35.9 Å². The summed E-state index contributed by atoms with van der Waals surface area (Å²) in [5.74, 6) is 0.589. The van der Waals surface area contributed by atoms with Crippen molar-refractivity contribution >= 4 is 22.6 Å². The number of aliphatic hydroxyl groups is 1. The maximum atomic E-state index is 10.2. The van der Waals surface area contributed by atoms with Crippen molar-refractivity contribution in [1.82, 2.24) is 4.57 Å². The molecule has 114 valence electrons. The predicted octanol–water partition coefficient (Wildman–Crippen LogP) is 2.56. The van der Waals surface area contributed by atoms with E-state index < -0.39 is 6.10 Å². The molecule has 0 saturated heterocycles. The normalized spacial score (nSPS) is 12.5. The van der Waals surface area contributed by atoms with Gasteiger partial charge in [-0.2, -0.15) is 0 Å². The van der Waals surface area contributed by atoms with E-state index in [2.05, 4.69) is 6.07 Å². The molecule has 3 aromatic rings. The summed E-state index contributed by atoms with van der Waals surface area (Å²) < 4.78 is 9.65. The summed E-state index contributed by atoms with van der Waals surface area (Å²) in [6, 6.07) is 15.3. The molecule has 2 aromatic carbocycles. The number of para-hydroxylation sites is 3. The Morgan fingerprint density at radius 1 is 1.18 bits per heavy atom. The number of rotatable bonds is 5. The molecule has 22 heavy (non-hydrogen) atoms. The van der Waals surface area contributed by atoms with Crippen LogP contribution in [0.15, 0.2) is 54.9 Å². The van der Waals surface area contributed by atoms with E-state index in [-0.39, 0.29) is 6.61 Å². The molecule has 0 spiro atoms. The minimum Gasteiger partial charge on any atom is -0.489 e. The molecule has 0 bridgehead atoms. The molecule has 1 aromatic heterocycles. The molecule has 0 aliphatic carbocycles. The molecule has 0 fully saturated rings. The van der Waals surface area contributed by atoms with Gasteiger partial charge in [-0.15, -0.1) is 0 Å². The van der Waals surface area contributed by atoms with E-state index in [1.807, 2.05) is 52.8 Å². The van der Waals surface area contributed by atoms with Gasteiger partial charge in [0.15, 0.2) is 11.0 Å². The zero-order valence-corrected chi connectivity index (χ0v) is 13.1. The van der Waals surface area contributed by atoms with Gasteiger partial charge in [-0.05, 0) is 24.3 Å². The number of fused-ring (bicyclic) bond motifs is 1. The minimum absolute atomic E-state index is 0.194. The Hall–Kier alpha value is -2.04. The number of hydrogen-bond acceptors (Lipinski definition) is 2. The Morgan fingerprint density at radius 3 is 2.73 bits per heavy atom. The van der Waals surface area contributed by atoms with Crippen LogP contribution in [0, 0.1) is 0 Å². The predicted molar refractivity (Wildman–Crippen MR) is 86.1 cm³/mol. The van der Waals surface area contributed by atoms with Crippen LogP contribution in [-0.4, -0.2) is 22.4 Å². The van der Waals surface area contributed by atoms with Crippen LogP contribution in [0.5, 0.6) is 5.75 Å². The van der Waals surface area contributed by atoms with Crippen LogP contribution in [0.25, 0.3) is 11.0 Å². The lowest BCUT2D eigenvalue weighted by molar-refractivity contribution is -0.645. The zero-order chi connectivity index (χ0) is 15.5. The highest BCUT2D eigenvalue weighted by molar-refractivity contribution is 6.32. The molecule has 3 rings (SSSR count). The Bertz CT molecular complexity index is 785. The Labute approximate surface area is 134 Å². The van der Waals surface area contributed by atoms with Gasteiger partial charge in [0.2, 0.25) is 6.33 Å². The van der Waals surface area contributed by atoms with Gasteiger partial charge in [0.05, 0.1) is 12.1 Å². The van der Waals surface area contributed by atoms with Crippen LogP contribution in [0.1, 0.15) is 0 Å². The first-order chi connectivity index (χ1) is 10.6. The second-order valence-corrected chi connectivity index (χ2v) is 5.67. The van der Waals surface area contributed by atoms with Crippen molar-refractivity contribution in [2.75, 3.05) is 6.61 Å². The summed E-state index contributed by atoms with van der Waals surface area (Å²) in [5.41, 5.74) is 2.21. The summed E-state index contributed by atoms with van der Waals surface area (Å²) in [4.78, 5) is 0. The van der Waals surface area contributed by atoms with Crippen LogP contribution in [-0.2, 0) is 13.6 Å². The van der Waals surface area contributed by atoms with Crippen LogP contribution >= 0.6 is 11.6 Å². The van der Waals surface area contributed by atoms with Crippen molar-refractivity contribution in [3.05, 3.63) is 59.9 Å². The molecule has 0 unspecified atom stereocenters. The van der Waals surface area contributed by atoms with Crippen LogP contribution < -0.4 is 9.30 Å². The third kappa shape index (κ3) is 3.08. The van der Waals surface area contributed by atoms with Gasteiger partial charge in [0.1, 0.15) is 25.0 Å². The molecule has 4 nitrogen and oxygen atoms in total. The van der Waals surface area contributed by atoms with E-state index in [1.54, 1.807) is 12.1 Å². The first-order valence-electron chi connectivity index (χ1n) is 7.14. The zero-order valence-electron chi connectivity index (χ0n) is 12.3. The molecule has 0 radical (unpaired) electrons. The molecule has 0 saturated carbocycles. The van der Waals surface area contributed by atoms with Gasteiger partial charge < -0.3 is 9.84 Å². The van der Waals surface area contributed by atoms with Crippen molar-refractivity contribution in [3.63, 3.8) is 0 Å². The second kappa shape index (κ2) is 6.38. The number of hydrogen-bond donors (Lipinski definition) is 1. The van der Waals surface area contributed by atoms with Crippen molar-refractivity contribution in [3.8, 4) is 5.75 Å². The maximum absolute atomic E-state index is 10.2. The summed E-state index contributed by atoms with van der Waals surface area (Å²) in [6.45, 7) is 0.658. The van der Waals surface area contributed by atoms with E-state index in [4.69, 9.17) is 16.3 Å². The van der Waals surface area contributed by atoms with Gasteiger partial charge in [-0.25, -0.2) is 9.13 Å². The number of aromatic nitrogens is 2. The molecule has 1 N–H and O–H groups in total. The van der Waals surface area contributed by atoms with Crippen molar-refractivity contribution in [2.24, 2.45) is 7.05 Å². The van der Waals surface area contributed by atoms with E-state index in [1.165, 1.54) is 0 Å². The van der Waals surface area contributed by atoms with Gasteiger partial charge in [0, 0.05) is 0 Å². The lowest BCUT2D eigenvalue weighted by Crippen LogP contribution is -2.27. The first-order valence-corrected chi connectivity index (χ1v) is 7.52.